The second kappa shape index (κ2) is 7.96. The first-order valence-electron chi connectivity index (χ1n) is 8.84. The van der Waals surface area contributed by atoms with Crippen LogP contribution in [0.2, 0.25) is 0 Å². The summed E-state index contributed by atoms with van der Waals surface area (Å²) in [6.07, 6.45) is 5.20. The van der Waals surface area contributed by atoms with Gasteiger partial charge in [-0.25, -0.2) is 4.79 Å². The predicted octanol–water partition coefficient (Wildman–Crippen LogP) is 2.76. The lowest BCUT2D eigenvalue weighted by Gasteiger charge is -2.13. The van der Waals surface area contributed by atoms with Gasteiger partial charge in [0.25, 0.3) is 11.5 Å². The fraction of sp³-hybridized carbons (Fsp3) is 0.421. The number of hydrogen-bond donors (Lipinski definition) is 1. The summed E-state index contributed by atoms with van der Waals surface area (Å²) in [5.74, 6) is -0.666. The van der Waals surface area contributed by atoms with Gasteiger partial charge in [0.05, 0.1) is 24.8 Å². The molecule has 1 aliphatic rings. The van der Waals surface area contributed by atoms with Crippen LogP contribution in [0.15, 0.2) is 17.1 Å². The van der Waals surface area contributed by atoms with Gasteiger partial charge >= 0.3 is 5.97 Å². The van der Waals surface area contributed by atoms with E-state index in [0.717, 1.165) is 36.1 Å². The maximum absolute atomic E-state index is 12.9. The van der Waals surface area contributed by atoms with Crippen LogP contribution in [0, 0.1) is 0 Å². The van der Waals surface area contributed by atoms with Gasteiger partial charge in [-0.05, 0) is 38.2 Å². The number of anilines is 1. The van der Waals surface area contributed by atoms with E-state index in [2.05, 4.69) is 5.32 Å². The molecule has 0 spiro atoms. The van der Waals surface area contributed by atoms with Crippen molar-refractivity contribution in [3.63, 3.8) is 0 Å². The Morgan fingerprint density at radius 3 is 2.74 bits per heavy atom. The first-order valence-corrected chi connectivity index (χ1v) is 9.65. The number of fused-ring (bicyclic) bond motifs is 1. The lowest BCUT2D eigenvalue weighted by molar-refractivity contribution is 0.0526. The highest BCUT2D eigenvalue weighted by Crippen LogP contribution is 2.39. The molecular weight excluding hydrogens is 368 g/mol. The number of nitrogens with one attached hydrogen (secondary N) is 1. The van der Waals surface area contributed by atoms with Crippen molar-refractivity contribution in [3.8, 4) is 5.75 Å². The van der Waals surface area contributed by atoms with E-state index in [1.165, 1.54) is 35.3 Å². The summed E-state index contributed by atoms with van der Waals surface area (Å²) in [6, 6.07) is 1.26. The van der Waals surface area contributed by atoms with Crippen LogP contribution in [-0.4, -0.2) is 30.2 Å². The third-order valence-corrected chi connectivity index (χ3v) is 5.74. The topological polar surface area (TPSA) is 86.6 Å². The minimum atomic E-state index is -0.438. The van der Waals surface area contributed by atoms with E-state index in [1.807, 2.05) is 0 Å². The lowest BCUT2D eigenvalue weighted by Crippen LogP contribution is -2.21. The minimum absolute atomic E-state index is 0.189. The fourth-order valence-corrected chi connectivity index (χ4v) is 4.47. The molecule has 3 rings (SSSR count). The van der Waals surface area contributed by atoms with Gasteiger partial charge in [-0.3, -0.25) is 9.59 Å². The largest absolute Gasteiger partial charge is 0.496 e. The van der Waals surface area contributed by atoms with E-state index in [1.54, 1.807) is 14.0 Å². The standard InChI is InChI=1S/C19H22N2O5S/c1-4-26-19(24)16-11-7-5-6-8-14(11)27-18(16)20-17(23)12-10-21(2)15(22)9-13(12)25-3/h9-10H,4-8H2,1-3H3,(H,20,23). The zero-order chi connectivity index (χ0) is 19.6. The molecule has 2 aromatic heterocycles. The fourth-order valence-electron chi connectivity index (χ4n) is 3.20. The van der Waals surface area contributed by atoms with E-state index < -0.39 is 11.9 Å². The van der Waals surface area contributed by atoms with Gasteiger partial charge in [-0.2, -0.15) is 0 Å². The normalized spacial score (nSPS) is 13.0. The van der Waals surface area contributed by atoms with Gasteiger partial charge < -0.3 is 19.4 Å². The van der Waals surface area contributed by atoms with Gasteiger partial charge in [0.2, 0.25) is 0 Å². The van der Waals surface area contributed by atoms with Crippen LogP contribution >= 0.6 is 11.3 Å². The Bertz CT molecular complexity index is 944. The number of hydrogen-bond acceptors (Lipinski definition) is 6. The second-order valence-electron chi connectivity index (χ2n) is 6.29. The molecule has 27 heavy (non-hydrogen) atoms. The minimum Gasteiger partial charge on any atom is -0.496 e. The molecule has 1 N–H and O–H groups in total. The Labute approximate surface area is 160 Å². The Morgan fingerprint density at radius 1 is 1.30 bits per heavy atom. The lowest BCUT2D eigenvalue weighted by atomic mass is 9.95. The number of methoxy groups -OCH3 is 1. The number of carbonyl (C=O) groups is 2. The summed E-state index contributed by atoms with van der Waals surface area (Å²) in [5.41, 5.74) is 1.38. The molecule has 0 radical (unpaired) electrons. The Hall–Kier alpha value is -2.61. The highest BCUT2D eigenvalue weighted by atomic mass is 32.1. The molecule has 0 fully saturated rings. The van der Waals surface area contributed by atoms with Crippen molar-refractivity contribution in [2.75, 3.05) is 19.0 Å². The number of nitrogens with zero attached hydrogens (tertiary/aromatic N) is 1. The third kappa shape index (κ3) is 3.75. The molecule has 0 aromatic carbocycles. The number of aromatic nitrogens is 1. The van der Waals surface area contributed by atoms with Crippen LogP contribution in [0.3, 0.4) is 0 Å². The SMILES string of the molecule is CCOC(=O)c1c(NC(=O)c2cn(C)c(=O)cc2OC)sc2c1CCCC2. The average molecular weight is 390 g/mol. The maximum Gasteiger partial charge on any atom is 0.341 e. The summed E-state index contributed by atoms with van der Waals surface area (Å²) in [4.78, 5) is 38.2. The van der Waals surface area contributed by atoms with E-state index in [0.29, 0.717) is 10.6 Å². The van der Waals surface area contributed by atoms with Gasteiger partial charge in [-0.15, -0.1) is 11.3 Å². The van der Waals surface area contributed by atoms with Gasteiger partial charge in [0, 0.05) is 24.2 Å². The summed E-state index contributed by atoms with van der Waals surface area (Å²) in [7, 11) is 2.96. The molecule has 0 saturated heterocycles. The number of rotatable bonds is 5. The molecule has 0 saturated carbocycles. The molecule has 1 amide bonds. The summed E-state index contributed by atoms with van der Waals surface area (Å²) in [6.45, 7) is 2.02. The molecule has 8 heteroatoms. The Balaban J connectivity index is 1.99. The zero-order valence-corrected chi connectivity index (χ0v) is 16.4. The number of carbonyl (C=O) groups excluding carboxylic acids is 2. The maximum atomic E-state index is 12.9. The van der Waals surface area contributed by atoms with E-state index in [9.17, 15) is 14.4 Å². The van der Waals surface area contributed by atoms with Crippen molar-refractivity contribution < 1.29 is 19.1 Å². The van der Waals surface area contributed by atoms with Gasteiger partial charge in [-0.1, -0.05) is 0 Å². The molecule has 144 valence electrons. The van der Waals surface area contributed by atoms with Crippen LogP contribution in [-0.2, 0) is 24.6 Å². The van der Waals surface area contributed by atoms with Crippen molar-refractivity contribution in [2.45, 2.75) is 32.6 Å². The van der Waals surface area contributed by atoms with Crippen LogP contribution in [0.1, 0.15) is 50.9 Å². The second-order valence-corrected chi connectivity index (χ2v) is 7.40. The van der Waals surface area contributed by atoms with Crippen LogP contribution < -0.4 is 15.6 Å². The summed E-state index contributed by atoms with van der Waals surface area (Å²) in [5, 5.41) is 3.32. The van der Waals surface area contributed by atoms with Crippen LogP contribution in [0.4, 0.5) is 5.00 Å². The summed E-state index contributed by atoms with van der Waals surface area (Å²) >= 11 is 1.42. The van der Waals surface area contributed by atoms with Gasteiger partial charge in [0.1, 0.15) is 10.8 Å². The zero-order valence-electron chi connectivity index (χ0n) is 15.6. The first kappa shape index (κ1) is 19.2. The van der Waals surface area contributed by atoms with Crippen LogP contribution in [0.5, 0.6) is 5.75 Å². The van der Waals surface area contributed by atoms with E-state index in [-0.39, 0.29) is 23.5 Å². The highest BCUT2D eigenvalue weighted by Gasteiger charge is 2.28. The Kier molecular flexibility index (Phi) is 5.65. The molecular formula is C19H22N2O5S. The molecule has 1 aliphatic carbocycles. The van der Waals surface area contributed by atoms with Crippen molar-refractivity contribution in [3.05, 3.63) is 44.2 Å². The number of pyridine rings is 1. The number of amides is 1. The number of ether oxygens (including phenoxy) is 2. The highest BCUT2D eigenvalue weighted by molar-refractivity contribution is 7.17. The average Bonchev–Trinajstić information content (AvgIpc) is 3.01. The van der Waals surface area contributed by atoms with E-state index in [4.69, 9.17) is 9.47 Å². The molecule has 0 unspecified atom stereocenters. The van der Waals surface area contributed by atoms with E-state index >= 15 is 0 Å². The monoisotopic (exact) mass is 390 g/mol. The van der Waals surface area contributed by atoms with Crippen molar-refractivity contribution in [1.82, 2.24) is 4.57 Å². The molecule has 0 atom stereocenters. The first-order chi connectivity index (χ1) is 13.0. The van der Waals surface area contributed by atoms with Crippen LogP contribution in [0.25, 0.3) is 0 Å². The molecule has 0 bridgehead atoms. The number of thiophene rings is 1. The van der Waals surface area contributed by atoms with Crippen molar-refractivity contribution >= 4 is 28.2 Å². The smallest absolute Gasteiger partial charge is 0.341 e. The van der Waals surface area contributed by atoms with Crippen molar-refractivity contribution in [1.29, 1.82) is 0 Å². The molecule has 2 heterocycles. The molecule has 2 aromatic rings. The van der Waals surface area contributed by atoms with Crippen molar-refractivity contribution in [2.24, 2.45) is 7.05 Å². The predicted molar refractivity (Wildman–Crippen MR) is 103 cm³/mol. The molecule has 7 nitrogen and oxygen atoms in total. The third-order valence-electron chi connectivity index (χ3n) is 4.53. The molecule has 0 aliphatic heterocycles. The number of aryl methyl sites for hydroxylation is 2. The summed E-state index contributed by atoms with van der Waals surface area (Å²) < 4.78 is 11.7. The Morgan fingerprint density at radius 2 is 2.04 bits per heavy atom. The number of esters is 1. The van der Waals surface area contributed by atoms with Gasteiger partial charge in [0.15, 0.2) is 0 Å². The quantitative estimate of drug-likeness (QED) is 0.794.